The van der Waals surface area contributed by atoms with Gasteiger partial charge in [-0.3, -0.25) is 9.36 Å². The van der Waals surface area contributed by atoms with Crippen LogP contribution in [0.5, 0.6) is 0 Å². The largest absolute Gasteiger partial charge is 0.481 e. The van der Waals surface area contributed by atoms with Gasteiger partial charge in [-0.25, -0.2) is 4.98 Å². The van der Waals surface area contributed by atoms with E-state index >= 15 is 0 Å². The SMILES string of the molecule is CC(C(=O)O)c1oc(-n2cnc3ccccc32)nc1-c1cccc(Cl)c1. The quantitative estimate of drug-likeness (QED) is 0.573. The maximum absolute atomic E-state index is 11.5. The minimum absolute atomic E-state index is 0.261. The Hall–Kier alpha value is -3.12. The fourth-order valence-electron chi connectivity index (χ4n) is 2.78. The molecule has 0 fully saturated rings. The molecule has 0 aliphatic rings. The molecule has 2 heterocycles. The molecule has 0 aliphatic carbocycles. The Balaban J connectivity index is 1.92. The third-order valence-corrected chi connectivity index (χ3v) is 4.40. The van der Waals surface area contributed by atoms with E-state index in [-0.39, 0.29) is 11.8 Å². The summed E-state index contributed by atoms with van der Waals surface area (Å²) in [5.41, 5.74) is 2.76. The zero-order chi connectivity index (χ0) is 18.3. The van der Waals surface area contributed by atoms with Crippen LogP contribution in [0.15, 0.2) is 59.3 Å². The predicted molar refractivity (Wildman–Crippen MR) is 97.6 cm³/mol. The minimum Gasteiger partial charge on any atom is -0.481 e. The Labute approximate surface area is 153 Å². The molecule has 130 valence electrons. The Morgan fingerprint density at radius 1 is 1.23 bits per heavy atom. The van der Waals surface area contributed by atoms with E-state index in [1.807, 2.05) is 30.3 Å². The van der Waals surface area contributed by atoms with Gasteiger partial charge >= 0.3 is 12.0 Å². The highest BCUT2D eigenvalue weighted by molar-refractivity contribution is 6.30. The van der Waals surface area contributed by atoms with Crippen molar-refractivity contribution in [1.29, 1.82) is 0 Å². The van der Waals surface area contributed by atoms with E-state index in [0.29, 0.717) is 16.3 Å². The lowest BCUT2D eigenvalue weighted by atomic mass is 10.0. The van der Waals surface area contributed by atoms with Crippen molar-refractivity contribution >= 4 is 28.6 Å². The van der Waals surface area contributed by atoms with Gasteiger partial charge in [-0.1, -0.05) is 35.9 Å². The molecule has 0 aliphatic heterocycles. The number of aromatic nitrogens is 3. The Morgan fingerprint density at radius 2 is 2.04 bits per heavy atom. The maximum atomic E-state index is 11.5. The molecule has 0 bridgehead atoms. The summed E-state index contributed by atoms with van der Waals surface area (Å²) >= 11 is 6.08. The molecule has 1 atom stereocenters. The van der Waals surface area contributed by atoms with Gasteiger partial charge in [-0.15, -0.1) is 0 Å². The second kappa shape index (κ2) is 6.31. The van der Waals surface area contributed by atoms with Gasteiger partial charge in [-0.2, -0.15) is 4.98 Å². The van der Waals surface area contributed by atoms with Gasteiger partial charge in [0.25, 0.3) is 0 Å². The standard InChI is InChI=1S/C19H14ClN3O3/c1-11(18(24)25)17-16(12-5-4-6-13(20)9-12)22-19(26-17)23-10-21-14-7-2-3-8-15(14)23/h2-11H,1H3,(H,24,25). The van der Waals surface area contributed by atoms with E-state index in [0.717, 1.165) is 11.0 Å². The number of halogens is 1. The summed E-state index contributed by atoms with van der Waals surface area (Å²) in [6.45, 7) is 1.56. The predicted octanol–water partition coefficient (Wildman–Crippen LogP) is 4.52. The number of benzene rings is 2. The fourth-order valence-corrected chi connectivity index (χ4v) is 2.97. The normalized spacial score (nSPS) is 12.4. The molecule has 4 rings (SSSR count). The monoisotopic (exact) mass is 367 g/mol. The molecule has 26 heavy (non-hydrogen) atoms. The molecule has 2 aromatic heterocycles. The van der Waals surface area contributed by atoms with E-state index in [4.69, 9.17) is 16.0 Å². The fraction of sp³-hybridized carbons (Fsp3) is 0.105. The maximum Gasteiger partial charge on any atom is 0.314 e. The average Bonchev–Trinajstić information content (AvgIpc) is 3.25. The van der Waals surface area contributed by atoms with Gasteiger partial charge in [0.1, 0.15) is 23.7 Å². The van der Waals surface area contributed by atoms with Crippen molar-refractivity contribution in [3.05, 3.63) is 65.6 Å². The molecule has 2 aromatic carbocycles. The lowest BCUT2D eigenvalue weighted by molar-refractivity contribution is -0.138. The smallest absolute Gasteiger partial charge is 0.314 e. The molecule has 0 saturated carbocycles. The van der Waals surface area contributed by atoms with Crippen molar-refractivity contribution in [2.75, 3.05) is 0 Å². The molecular formula is C19H14ClN3O3. The molecule has 0 spiro atoms. The van der Waals surface area contributed by atoms with Crippen LogP contribution in [-0.2, 0) is 4.79 Å². The van der Waals surface area contributed by atoms with Gasteiger partial charge in [0.15, 0.2) is 0 Å². The molecule has 4 aromatic rings. The molecule has 0 radical (unpaired) electrons. The van der Waals surface area contributed by atoms with Crippen LogP contribution in [0.1, 0.15) is 18.6 Å². The third-order valence-electron chi connectivity index (χ3n) is 4.16. The summed E-state index contributed by atoms with van der Waals surface area (Å²) < 4.78 is 7.57. The average molecular weight is 368 g/mol. The first-order valence-electron chi connectivity index (χ1n) is 7.96. The summed E-state index contributed by atoms with van der Waals surface area (Å²) in [6, 6.07) is 14.9. The van der Waals surface area contributed by atoms with Crippen molar-refractivity contribution in [3.8, 4) is 17.3 Å². The van der Waals surface area contributed by atoms with Crippen LogP contribution >= 0.6 is 11.6 Å². The minimum atomic E-state index is -0.994. The van der Waals surface area contributed by atoms with E-state index < -0.39 is 11.9 Å². The zero-order valence-electron chi connectivity index (χ0n) is 13.8. The van der Waals surface area contributed by atoms with E-state index in [9.17, 15) is 9.90 Å². The third kappa shape index (κ3) is 2.74. The topological polar surface area (TPSA) is 81.1 Å². The highest BCUT2D eigenvalue weighted by Gasteiger charge is 2.26. The lowest BCUT2D eigenvalue weighted by Gasteiger charge is -2.05. The highest BCUT2D eigenvalue weighted by atomic mass is 35.5. The number of rotatable bonds is 4. The molecule has 0 amide bonds. The highest BCUT2D eigenvalue weighted by Crippen LogP contribution is 2.33. The van der Waals surface area contributed by atoms with Crippen molar-refractivity contribution in [1.82, 2.24) is 14.5 Å². The lowest BCUT2D eigenvalue weighted by Crippen LogP contribution is -2.07. The number of nitrogens with zero attached hydrogens (tertiary/aromatic N) is 3. The molecule has 0 saturated heterocycles. The molecular weight excluding hydrogens is 354 g/mol. The summed E-state index contributed by atoms with van der Waals surface area (Å²) in [6.07, 6.45) is 1.60. The number of carboxylic acid groups (broad SMARTS) is 1. The van der Waals surface area contributed by atoms with Gasteiger partial charge in [-0.05, 0) is 31.2 Å². The van der Waals surface area contributed by atoms with Gasteiger partial charge in [0.05, 0.1) is 11.0 Å². The van der Waals surface area contributed by atoms with Crippen LogP contribution in [0, 0.1) is 0 Å². The van der Waals surface area contributed by atoms with Crippen molar-refractivity contribution in [3.63, 3.8) is 0 Å². The number of fused-ring (bicyclic) bond motifs is 1. The molecule has 6 nitrogen and oxygen atoms in total. The van der Waals surface area contributed by atoms with Crippen LogP contribution in [-0.4, -0.2) is 25.6 Å². The van der Waals surface area contributed by atoms with E-state index in [2.05, 4.69) is 9.97 Å². The molecule has 7 heteroatoms. The van der Waals surface area contributed by atoms with Crippen LogP contribution in [0.4, 0.5) is 0 Å². The number of hydrogen-bond acceptors (Lipinski definition) is 4. The summed E-state index contributed by atoms with van der Waals surface area (Å²) in [4.78, 5) is 20.4. The first-order chi connectivity index (χ1) is 12.5. The van der Waals surface area contributed by atoms with Crippen LogP contribution in [0.2, 0.25) is 5.02 Å². The van der Waals surface area contributed by atoms with Crippen LogP contribution in [0.25, 0.3) is 28.3 Å². The van der Waals surface area contributed by atoms with Crippen molar-refractivity contribution in [2.24, 2.45) is 0 Å². The summed E-state index contributed by atoms with van der Waals surface area (Å²) in [7, 11) is 0. The summed E-state index contributed by atoms with van der Waals surface area (Å²) in [5, 5.41) is 9.98. The van der Waals surface area contributed by atoms with Gasteiger partial charge < -0.3 is 9.52 Å². The van der Waals surface area contributed by atoms with Crippen molar-refractivity contribution < 1.29 is 14.3 Å². The molecule has 1 N–H and O–H groups in total. The van der Waals surface area contributed by atoms with E-state index in [1.54, 1.807) is 36.0 Å². The number of oxazole rings is 1. The second-order valence-electron chi connectivity index (χ2n) is 5.88. The first kappa shape index (κ1) is 16.4. The number of aliphatic carboxylic acids is 1. The Kier molecular flexibility index (Phi) is 3.97. The van der Waals surface area contributed by atoms with Crippen LogP contribution in [0.3, 0.4) is 0 Å². The number of para-hydroxylation sites is 2. The molecule has 1 unspecified atom stereocenters. The number of carbonyl (C=O) groups is 1. The van der Waals surface area contributed by atoms with Gasteiger partial charge in [0.2, 0.25) is 0 Å². The second-order valence-corrected chi connectivity index (χ2v) is 6.32. The number of hydrogen-bond donors (Lipinski definition) is 1. The zero-order valence-corrected chi connectivity index (χ0v) is 14.5. The van der Waals surface area contributed by atoms with Crippen LogP contribution < -0.4 is 0 Å². The van der Waals surface area contributed by atoms with Gasteiger partial charge in [0, 0.05) is 10.6 Å². The number of imidazole rings is 1. The summed E-state index contributed by atoms with van der Waals surface area (Å²) in [5.74, 6) is -1.58. The van der Waals surface area contributed by atoms with Crippen molar-refractivity contribution in [2.45, 2.75) is 12.8 Å². The Bertz CT molecular complexity index is 1120. The van der Waals surface area contributed by atoms with E-state index in [1.165, 1.54) is 0 Å². The Morgan fingerprint density at radius 3 is 2.81 bits per heavy atom. The number of carboxylic acids is 1. The first-order valence-corrected chi connectivity index (χ1v) is 8.34.